The third-order valence-electron chi connectivity index (χ3n) is 4.95. The average Bonchev–Trinajstić information content (AvgIpc) is 3.10. The zero-order chi connectivity index (χ0) is 11.6. The van der Waals surface area contributed by atoms with Crippen LogP contribution in [0.15, 0.2) is 0 Å². The summed E-state index contributed by atoms with van der Waals surface area (Å²) in [5.74, 6) is 1.81. The van der Waals surface area contributed by atoms with Gasteiger partial charge in [-0.3, -0.25) is 4.90 Å². The summed E-state index contributed by atoms with van der Waals surface area (Å²) in [6.07, 6.45) is 8.21. The van der Waals surface area contributed by atoms with Crippen molar-refractivity contribution in [3.05, 3.63) is 0 Å². The fourth-order valence-electron chi connectivity index (χ4n) is 3.54. The van der Waals surface area contributed by atoms with E-state index in [2.05, 4.69) is 18.7 Å². The van der Waals surface area contributed by atoms with Gasteiger partial charge in [0.25, 0.3) is 0 Å². The Balaban J connectivity index is 2.06. The van der Waals surface area contributed by atoms with Crippen LogP contribution in [-0.2, 0) is 0 Å². The molecule has 0 aromatic carbocycles. The largest absolute Gasteiger partial charge is 0.329 e. The van der Waals surface area contributed by atoms with Crippen molar-refractivity contribution >= 4 is 0 Å². The molecule has 2 nitrogen and oxygen atoms in total. The molecule has 2 rings (SSSR count). The predicted octanol–water partition coefficient (Wildman–Crippen LogP) is 2.63. The van der Waals surface area contributed by atoms with Gasteiger partial charge in [-0.15, -0.1) is 0 Å². The molecule has 2 fully saturated rings. The van der Waals surface area contributed by atoms with Gasteiger partial charge in [0, 0.05) is 12.1 Å². The molecule has 2 unspecified atom stereocenters. The van der Waals surface area contributed by atoms with Crippen LogP contribution in [-0.4, -0.2) is 30.1 Å². The van der Waals surface area contributed by atoms with Crippen LogP contribution >= 0.6 is 0 Å². The summed E-state index contributed by atoms with van der Waals surface area (Å²) in [7, 11) is 0. The van der Waals surface area contributed by atoms with Gasteiger partial charge in [-0.1, -0.05) is 13.8 Å². The summed E-state index contributed by atoms with van der Waals surface area (Å²) in [5.41, 5.74) is 6.49. The quantitative estimate of drug-likeness (QED) is 0.795. The number of nitrogens with two attached hydrogens (primary N) is 1. The lowest BCUT2D eigenvalue weighted by Gasteiger charge is -2.43. The molecule has 0 spiro atoms. The van der Waals surface area contributed by atoms with Crippen molar-refractivity contribution in [2.24, 2.45) is 17.6 Å². The minimum atomic E-state index is 0.351. The Morgan fingerprint density at radius 1 is 1.19 bits per heavy atom. The average molecular weight is 224 g/mol. The highest BCUT2D eigenvalue weighted by Gasteiger charge is 2.46. The zero-order valence-electron chi connectivity index (χ0n) is 11.0. The van der Waals surface area contributed by atoms with Crippen LogP contribution in [0.2, 0.25) is 0 Å². The number of likely N-dealkylation sites (tertiary alicyclic amines) is 1. The van der Waals surface area contributed by atoms with E-state index in [0.717, 1.165) is 18.4 Å². The number of hydrogen-bond donors (Lipinski definition) is 1. The summed E-state index contributed by atoms with van der Waals surface area (Å²) in [6.45, 7) is 8.16. The highest BCUT2D eigenvalue weighted by atomic mass is 15.2. The zero-order valence-corrected chi connectivity index (χ0v) is 11.0. The van der Waals surface area contributed by atoms with Gasteiger partial charge >= 0.3 is 0 Å². The van der Waals surface area contributed by atoms with Crippen molar-refractivity contribution in [1.29, 1.82) is 0 Å². The molecule has 1 heterocycles. The molecule has 0 amide bonds. The Morgan fingerprint density at radius 3 is 2.50 bits per heavy atom. The van der Waals surface area contributed by atoms with Crippen LogP contribution in [0.4, 0.5) is 0 Å². The minimum absolute atomic E-state index is 0.351. The Morgan fingerprint density at radius 2 is 1.94 bits per heavy atom. The molecule has 1 aliphatic carbocycles. The molecule has 2 heteroatoms. The SMILES string of the molecule is CCC(CN)(C1CC1)N1CCCC(C)CC1. The van der Waals surface area contributed by atoms with Gasteiger partial charge < -0.3 is 5.73 Å². The normalized spacial score (nSPS) is 32.1. The van der Waals surface area contributed by atoms with Crippen LogP contribution in [0, 0.1) is 11.8 Å². The highest BCUT2D eigenvalue weighted by molar-refractivity contribution is 5.03. The van der Waals surface area contributed by atoms with Crippen molar-refractivity contribution in [2.75, 3.05) is 19.6 Å². The number of rotatable bonds is 4. The van der Waals surface area contributed by atoms with Crippen molar-refractivity contribution in [3.8, 4) is 0 Å². The van der Waals surface area contributed by atoms with E-state index in [9.17, 15) is 0 Å². The first-order chi connectivity index (χ1) is 7.73. The molecule has 16 heavy (non-hydrogen) atoms. The first-order valence-corrected chi connectivity index (χ1v) is 7.18. The van der Waals surface area contributed by atoms with Gasteiger partial charge in [0.1, 0.15) is 0 Å². The molecule has 94 valence electrons. The Bertz CT molecular complexity index is 219. The van der Waals surface area contributed by atoms with E-state index >= 15 is 0 Å². The molecule has 0 radical (unpaired) electrons. The van der Waals surface area contributed by atoms with Gasteiger partial charge in [-0.2, -0.15) is 0 Å². The molecule has 2 atom stereocenters. The third kappa shape index (κ3) is 2.28. The van der Waals surface area contributed by atoms with Crippen molar-refractivity contribution in [3.63, 3.8) is 0 Å². The van der Waals surface area contributed by atoms with E-state index in [-0.39, 0.29) is 0 Å². The molecule has 1 saturated carbocycles. The smallest absolute Gasteiger partial charge is 0.0357 e. The molecule has 1 saturated heterocycles. The maximum Gasteiger partial charge on any atom is 0.0357 e. The summed E-state index contributed by atoms with van der Waals surface area (Å²) < 4.78 is 0. The fourth-order valence-corrected chi connectivity index (χ4v) is 3.54. The lowest BCUT2D eigenvalue weighted by molar-refractivity contribution is 0.0708. The molecular formula is C14H28N2. The molecule has 1 aliphatic heterocycles. The minimum Gasteiger partial charge on any atom is -0.329 e. The Labute approximate surface area is 101 Å². The topological polar surface area (TPSA) is 29.3 Å². The van der Waals surface area contributed by atoms with Gasteiger partial charge in [0.2, 0.25) is 0 Å². The van der Waals surface area contributed by atoms with Crippen LogP contribution in [0.1, 0.15) is 52.4 Å². The Hall–Kier alpha value is -0.0800. The van der Waals surface area contributed by atoms with Crippen LogP contribution < -0.4 is 5.73 Å². The lowest BCUT2D eigenvalue weighted by atomic mass is 9.87. The summed E-state index contributed by atoms with van der Waals surface area (Å²) in [5, 5.41) is 0. The van der Waals surface area contributed by atoms with Gasteiger partial charge in [-0.25, -0.2) is 0 Å². The summed E-state index contributed by atoms with van der Waals surface area (Å²) in [4.78, 5) is 2.74. The monoisotopic (exact) mass is 224 g/mol. The summed E-state index contributed by atoms with van der Waals surface area (Å²) >= 11 is 0. The highest BCUT2D eigenvalue weighted by Crippen LogP contribution is 2.45. The fraction of sp³-hybridized carbons (Fsp3) is 1.00. The molecule has 0 aromatic rings. The number of hydrogen-bond acceptors (Lipinski definition) is 2. The maximum absolute atomic E-state index is 6.13. The van der Waals surface area contributed by atoms with E-state index in [1.165, 1.54) is 51.6 Å². The molecule has 0 bridgehead atoms. The molecule has 2 N–H and O–H groups in total. The van der Waals surface area contributed by atoms with E-state index in [1.807, 2.05) is 0 Å². The van der Waals surface area contributed by atoms with Crippen molar-refractivity contribution in [1.82, 2.24) is 4.90 Å². The van der Waals surface area contributed by atoms with Crippen LogP contribution in [0.5, 0.6) is 0 Å². The van der Waals surface area contributed by atoms with Crippen molar-refractivity contribution < 1.29 is 0 Å². The lowest BCUT2D eigenvalue weighted by Crippen LogP contribution is -2.55. The van der Waals surface area contributed by atoms with E-state index < -0.39 is 0 Å². The summed E-state index contributed by atoms with van der Waals surface area (Å²) in [6, 6.07) is 0. The molecule has 0 aromatic heterocycles. The molecular weight excluding hydrogens is 196 g/mol. The second-order valence-electron chi connectivity index (χ2n) is 5.96. The van der Waals surface area contributed by atoms with Gasteiger partial charge in [0.15, 0.2) is 0 Å². The van der Waals surface area contributed by atoms with Crippen LogP contribution in [0.25, 0.3) is 0 Å². The Kier molecular flexibility index (Phi) is 3.91. The standard InChI is InChI=1S/C14H28N2/c1-3-14(11-15,13-6-7-13)16-9-4-5-12(2)8-10-16/h12-13H,3-11,15H2,1-2H3. The third-order valence-corrected chi connectivity index (χ3v) is 4.95. The van der Waals surface area contributed by atoms with E-state index in [1.54, 1.807) is 0 Å². The van der Waals surface area contributed by atoms with E-state index in [0.29, 0.717) is 5.54 Å². The van der Waals surface area contributed by atoms with Crippen molar-refractivity contribution in [2.45, 2.75) is 57.9 Å². The van der Waals surface area contributed by atoms with Crippen LogP contribution in [0.3, 0.4) is 0 Å². The van der Waals surface area contributed by atoms with E-state index in [4.69, 9.17) is 5.73 Å². The first kappa shape index (κ1) is 12.4. The predicted molar refractivity (Wildman–Crippen MR) is 69.4 cm³/mol. The second-order valence-corrected chi connectivity index (χ2v) is 5.96. The number of nitrogens with zero attached hydrogens (tertiary/aromatic N) is 1. The van der Waals surface area contributed by atoms with Gasteiger partial charge in [-0.05, 0) is 63.5 Å². The second kappa shape index (κ2) is 5.05. The first-order valence-electron chi connectivity index (χ1n) is 7.18. The van der Waals surface area contributed by atoms with Gasteiger partial charge in [0.05, 0.1) is 0 Å². The maximum atomic E-state index is 6.13. The molecule has 2 aliphatic rings.